The third-order valence-corrected chi connectivity index (χ3v) is 5.32. The molecule has 112 valence electrons. The molecule has 1 aliphatic heterocycles. The van der Waals surface area contributed by atoms with Crippen molar-refractivity contribution >= 4 is 12.4 Å². The maximum atomic E-state index is 3.56. The molecule has 3 heteroatoms. The SMILES string of the molecule is CC1(CN(CC2CC2)C2CCCCC2)CCNC1.Cl. The van der Waals surface area contributed by atoms with Crippen LogP contribution in [0.2, 0.25) is 0 Å². The van der Waals surface area contributed by atoms with Crippen molar-refractivity contribution in [2.75, 3.05) is 26.2 Å². The summed E-state index contributed by atoms with van der Waals surface area (Å²) in [5.74, 6) is 1.05. The van der Waals surface area contributed by atoms with E-state index in [-0.39, 0.29) is 12.4 Å². The molecule has 0 amide bonds. The second-order valence-electron chi connectivity index (χ2n) is 7.40. The number of rotatable bonds is 5. The molecule has 2 saturated carbocycles. The molecular formula is C16H31ClN2. The maximum Gasteiger partial charge on any atom is 0.00956 e. The molecule has 1 N–H and O–H groups in total. The van der Waals surface area contributed by atoms with E-state index in [1.807, 2.05) is 0 Å². The van der Waals surface area contributed by atoms with Crippen molar-refractivity contribution in [3.05, 3.63) is 0 Å². The van der Waals surface area contributed by atoms with Gasteiger partial charge >= 0.3 is 0 Å². The summed E-state index contributed by atoms with van der Waals surface area (Å²) < 4.78 is 0. The Morgan fingerprint density at radius 3 is 2.42 bits per heavy atom. The largest absolute Gasteiger partial charge is 0.316 e. The van der Waals surface area contributed by atoms with Crippen LogP contribution in [-0.4, -0.2) is 37.1 Å². The average molecular weight is 287 g/mol. The van der Waals surface area contributed by atoms with Gasteiger partial charge in [0.05, 0.1) is 0 Å². The second kappa shape index (κ2) is 6.78. The van der Waals surface area contributed by atoms with E-state index in [1.165, 1.54) is 77.5 Å². The predicted molar refractivity (Wildman–Crippen MR) is 84.0 cm³/mol. The molecule has 2 nitrogen and oxygen atoms in total. The first-order valence-corrected chi connectivity index (χ1v) is 8.20. The van der Waals surface area contributed by atoms with E-state index in [0.717, 1.165) is 12.0 Å². The zero-order valence-corrected chi connectivity index (χ0v) is 13.3. The topological polar surface area (TPSA) is 15.3 Å². The molecule has 1 atom stereocenters. The van der Waals surface area contributed by atoms with Gasteiger partial charge in [-0.15, -0.1) is 12.4 Å². The smallest absolute Gasteiger partial charge is 0.00956 e. The lowest BCUT2D eigenvalue weighted by atomic mass is 9.86. The Bertz CT molecular complexity index is 266. The first-order valence-electron chi connectivity index (χ1n) is 8.20. The molecule has 1 saturated heterocycles. The molecule has 1 heterocycles. The summed E-state index contributed by atoms with van der Waals surface area (Å²) in [5.41, 5.74) is 0.548. The van der Waals surface area contributed by atoms with Crippen LogP contribution < -0.4 is 5.32 Å². The van der Waals surface area contributed by atoms with Crippen molar-refractivity contribution in [1.82, 2.24) is 10.2 Å². The summed E-state index contributed by atoms with van der Waals surface area (Å²) in [6.45, 7) is 7.72. The Labute approximate surface area is 125 Å². The molecule has 0 aromatic rings. The number of hydrogen-bond donors (Lipinski definition) is 1. The van der Waals surface area contributed by atoms with E-state index >= 15 is 0 Å². The number of hydrogen-bond acceptors (Lipinski definition) is 2. The number of nitrogens with one attached hydrogen (secondary N) is 1. The molecule has 0 radical (unpaired) electrons. The minimum absolute atomic E-state index is 0. The van der Waals surface area contributed by atoms with Crippen LogP contribution in [0.4, 0.5) is 0 Å². The zero-order valence-electron chi connectivity index (χ0n) is 12.5. The van der Waals surface area contributed by atoms with Crippen molar-refractivity contribution in [1.29, 1.82) is 0 Å². The number of halogens is 1. The normalized spacial score (nSPS) is 32.5. The zero-order chi connectivity index (χ0) is 12.4. The fourth-order valence-corrected chi connectivity index (χ4v) is 3.91. The highest BCUT2D eigenvalue weighted by Gasteiger charge is 2.35. The van der Waals surface area contributed by atoms with Crippen LogP contribution in [0.1, 0.15) is 58.3 Å². The van der Waals surface area contributed by atoms with Gasteiger partial charge in [-0.1, -0.05) is 26.2 Å². The van der Waals surface area contributed by atoms with E-state index in [1.54, 1.807) is 0 Å². The molecular weight excluding hydrogens is 256 g/mol. The summed E-state index contributed by atoms with van der Waals surface area (Å²) in [6.07, 6.45) is 11.7. The van der Waals surface area contributed by atoms with Gasteiger partial charge in [0.2, 0.25) is 0 Å². The van der Waals surface area contributed by atoms with E-state index < -0.39 is 0 Å². The summed E-state index contributed by atoms with van der Waals surface area (Å²) >= 11 is 0. The summed E-state index contributed by atoms with van der Waals surface area (Å²) in [5, 5.41) is 3.56. The highest BCUT2D eigenvalue weighted by Crippen LogP contribution is 2.35. The van der Waals surface area contributed by atoms with Gasteiger partial charge in [-0.2, -0.15) is 0 Å². The van der Waals surface area contributed by atoms with Crippen molar-refractivity contribution in [2.24, 2.45) is 11.3 Å². The van der Waals surface area contributed by atoms with Crippen LogP contribution >= 0.6 is 12.4 Å². The van der Waals surface area contributed by atoms with E-state index in [2.05, 4.69) is 17.1 Å². The third-order valence-electron chi connectivity index (χ3n) is 5.32. The Hall–Kier alpha value is 0.210. The molecule has 3 aliphatic rings. The van der Waals surface area contributed by atoms with Gasteiger partial charge in [-0.05, 0) is 50.0 Å². The van der Waals surface area contributed by atoms with E-state index in [4.69, 9.17) is 0 Å². The minimum Gasteiger partial charge on any atom is -0.316 e. The van der Waals surface area contributed by atoms with Crippen LogP contribution in [0.3, 0.4) is 0 Å². The van der Waals surface area contributed by atoms with Crippen LogP contribution in [0.15, 0.2) is 0 Å². The lowest BCUT2D eigenvalue weighted by Gasteiger charge is -2.39. The van der Waals surface area contributed by atoms with Crippen LogP contribution in [0, 0.1) is 11.3 Å². The van der Waals surface area contributed by atoms with E-state index in [0.29, 0.717) is 5.41 Å². The molecule has 0 bridgehead atoms. The molecule has 2 aliphatic carbocycles. The fourth-order valence-electron chi connectivity index (χ4n) is 3.91. The Morgan fingerprint density at radius 1 is 1.11 bits per heavy atom. The number of nitrogens with zero attached hydrogens (tertiary/aromatic N) is 1. The summed E-state index contributed by atoms with van der Waals surface area (Å²) in [6, 6.07) is 0.914. The molecule has 3 rings (SSSR count). The van der Waals surface area contributed by atoms with Gasteiger partial charge in [0.25, 0.3) is 0 Å². The highest BCUT2D eigenvalue weighted by atomic mass is 35.5. The fraction of sp³-hybridized carbons (Fsp3) is 1.00. The van der Waals surface area contributed by atoms with Crippen molar-refractivity contribution in [3.8, 4) is 0 Å². The predicted octanol–water partition coefficient (Wildman–Crippen LogP) is 3.45. The average Bonchev–Trinajstić information content (AvgIpc) is 3.10. The van der Waals surface area contributed by atoms with Gasteiger partial charge in [0.15, 0.2) is 0 Å². The second-order valence-corrected chi connectivity index (χ2v) is 7.40. The first kappa shape index (κ1) is 15.6. The Balaban J connectivity index is 0.00000133. The van der Waals surface area contributed by atoms with Gasteiger partial charge in [0.1, 0.15) is 0 Å². The lowest BCUT2D eigenvalue weighted by molar-refractivity contribution is 0.0988. The Morgan fingerprint density at radius 2 is 1.84 bits per heavy atom. The minimum atomic E-state index is 0. The van der Waals surface area contributed by atoms with Gasteiger partial charge in [-0.3, -0.25) is 4.90 Å². The van der Waals surface area contributed by atoms with Crippen LogP contribution in [0.5, 0.6) is 0 Å². The summed E-state index contributed by atoms with van der Waals surface area (Å²) in [7, 11) is 0. The monoisotopic (exact) mass is 286 g/mol. The van der Waals surface area contributed by atoms with Crippen molar-refractivity contribution in [3.63, 3.8) is 0 Å². The van der Waals surface area contributed by atoms with Gasteiger partial charge in [0, 0.05) is 25.7 Å². The van der Waals surface area contributed by atoms with Gasteiger partial charge in [-0.25, -0.2) is 0 Å². The maximum absolute atomic E-state index is 3.56. The molecule has 0 spiro atoms. The third kappa shape index (κ3) is 4.34. The molecule has 0 aromatic carbocycles. The first-order chi connectivity index (χ1) is 8.75. The van der Waals surface area contributed by atoms with Crippen molar-refractivity contribution < 1.29 is 0 Å². The quantitative estimate of drug-likeness (QED) is 0.833. The molecule has 19 heavy (non-hydrogen) atoms. The van der Waals surface area contributed by atoms with Crippen LogP contribution in [0.25, 0.3) is 0 Å². The highest BCUT2D eigenvalue weighted by molar-refractivity contribution is 5.85. The molecule has 0 aromatic heterocycles. The van der Waals surface area contributed by atoms with Crippen LogP contribution in [-0.2, 0) is 0 Å². The van der Waals surface area contributed by atoms with Crippen molar-refractivity contribution in [2.45, 2.75) is 64.3 Å². The Kier molecular flexibility index (Phi) is 5.56. The summed E-state index contributed by atoms with van der Waals surface area (Å²) in [4.78, 5) is 2.89. The molecule has 1 unspecified atom stereocenters. The standard InChI is InChI=1S/C16H30N2.ClH/c1-16(9-10-17-12-16)13-18(11-14-7-8-14)15-5-3-2-4-6-15;/h14-15,17H,2-13H2,1H3;1H. The molecule has 3 fully saturated rings. The van der Waals surface area contributed by atoms with E-state index in [9.17, 15) is 0 Å². The lowest BCUT2D eigenvalue weighted by Crippen LogP contribution is -2.45. The van der Waals surface area contributed by atoms with Gasteiger partial charge < -0.3 is 5.32 Å².